The lowest BCUT2D eigenvalue weighted by Gasteiger charge is -2.13. The zero-order chi connectivity index (χ0) is 22.2. The zero-order valence-electron chi connectivity index (χ0n) is 17.5. The highest BCUT2D eigenvalue weighted by Crippen LogP contribution is 2.24. The van der Waals surface area contributed by atoms with Gasteiger partial charge in [-0.15, -0.1) is 0 Å². The molecule has 1 unspecified atom stereocenters. The molecule has 6 nitrogen and oxygen atoms in total. The third-order valence-electron chi connectivity index (χ3n) is 4.75. The molecule has 6 heteroatoms. The fourth-order valence-electron chi connectivity index (χ4n) is 3.05. The van der Waals surface area contributed by atoms with Crippen molar-refractivity contribution in [2.45, 2.75) is 32.3 Å². The van der Waals surface area contributed by atoms with Crippen molar-refractivity contribution >= 4 is 16.9 Å². The average molecular weight is 422 g/mol. The van der Waals surface area contributed by atoms with Crippen molar-refractivity contribution in [3.63, 3.8) is 0 Å². The number of aliphatic hydroxyl groups excluding tert-OH is 1. The molecule has 1 heterocycles. The van der Waals surface area contributed by atoms with Gasteiger partial charge in [0.05, 0.1) is 18.3 Å². The third-order valence-corrected chi connectivity index (χ3v) is 4.75. The quantitative estimate of drug-likeness (QED) is 0.224. The highest BCUT2D eigenvalue weighted by molar-refractivity contribution is 5.86. The summed E-state index contributed by atoms with van der Waals surface area (Å²) in [7, 11) is 0. The molecule has 31 heavy (non-hydrogen) atoms. The fraction of sp³-hybridized carbons (Fsp3) is 0.280. The van der Waals surface area contributed by atoms with Gasteiger partial charge < -0.3 is 19.0 Å². The molecule has 0 saturated carbocycles. The van der Waals surface area contributed by atoms with Gasteiger partial charge in [0.2, 0.25) is 0 Å². The van der Waals surface area contributed by atoms with Gasteiger partial charge in [-0.05, 0) is 49.9 Å². The van der Waals surface area contributed by atoms with Gasteiger partial charge in [-0.25, -0.2) is 9.59 Å². The van der Waals surface area contributed by atoms with Crippen LogP contribution in [-0.4, -0.2) is 30.4 Å². The van der Waals surface area contributed by atoms with Gasteiger partial charge in [0.15, 0.2) is 0 Å². The SMILES string of the molecule is C=C(C)C(=O)OCCCCC(O)COc1ccc2cc(-c3ccccc3)c(=O)oc2c1. The second kappa shape index (κ2) is 10.6. The molecule has 3 aromatic rings. The molecule has 0 bridgehead atoms. The maximum Gasteiger partial charge on any atom is 0.344 e. The number of carbonyl (C=O) groups is 1. The Kier molecular flexibility index (Phi) is 7.62. The Morgan fingerprint density at radius 1 is 1.13 bits per heavy atom. The van der Waals surface area contributed by atoms with E-state index in [-0.39, 0.29) is 6.61 Å². The van der Waals surface area contributed by atoms with Crippen molar-refractivity contribution in [3.8, 4) is 16.9 Å². The standard InChI is InChI=1S/C25H26O6/c1-17(2)24(27)29-13-7-6-10-20(26)16-30-21-12-11-19-14-22(18-8-4-3-5-9-18)25(28)31-23(19)15-21/h3-5,8-9,11-12,14-15,20,26H,1,6-7,10,13,16H2,2H3. The highest BCUT2D eigenvalue weighted by atomic mass is 16.5. The van der Waals surface area contributed by atoms with Crippen LogP contribution < -0.4 is 10.4 Å². The molecule has 0 spiro atoms. The van der Waals surface area contributed by atoms with Gasteiger partial charge in [-0.1, -0.05) is 36.9 Å². The lowest BCUT2D eigenvalue weighted by molar-refractivity contribution is -0.139. The van der Waals surface area contributed by atoms with Crippen molar-refractivity contribution in [1.82, 2.24) is 0 Å². The predicted molar refractivity (Wildman–Crippen MR) is 119 cm³/mol. The molecule has 0 amide bonds. The van der Waals surface area contributed by atoms with Crippen LogP contribution in [0.15, 0.2) is 76.0 Å². The summed E-state index contributed by atoms with van der Waals surface area (Å²) in [5, 5.41) is 10.9. The van der Waals surface area contributed by atoms with Gasteiger partial charge in [0.25, 0.3) is 0 Å². The van der Waals surface area contributed by atoms with Crippen molar-refractivity contribution in [3.05, 3.63) is 77.2 Å². The first-order valence-corrected chi connectivity index (χ1v) is 10.2. The van der Waals surface area contributed by atoms with Gasteiger partial charge in [-0.3, -0.25) is 0 Å². The van der Waals surface area contributed by atoms with Crippen LogP contribution in [0.1, 0.15) is 26.2 Å². The second-order valence-electron chi connectivity index (χ2n) is 7.39. The van der Waals surface area contributed by atoms with Crippen LogP contribution >= 0.6 is 0 Å². The van der Waals surface area contributed by atoms with Crippen molar-refractivity contribution in [2.24, 2.45) is 0 Å². The number of fused-ring (bicyclic) bond motifs is 1. The number of aliphatic hydroxyl groups is 1. The summed E-state index contributed by atoms with van der Waals surface area (Å²) >= 11 is 0. The fourth-order valence-corrected chi connectivity index (χ4v) is 3.05. The van der Waals surface area contributed by atoms with E-state index in [0.717, 1.165) is 10.9 Å². The topological polar surface area (TPSA) is 86.0 Å². The Hall–Kier alpha value is -3.38. The summed E-state index contributed by atoms with van der Waals surface area (Å²) < 4.78 is 16.1. The van der Waals surface area contributed by atoms with Crippen molar-refractivity contribution in [2.75, 3.05) is 13.2 Å². The summed E-state index contributed by atoms with van der Waals surface area (Å²) in [6.07, 6.45) is 1.22. The molecule has 1 aromatic heterocycles. The number of ether oxygens (including phenoxy) is 2. The summed E-state index contributed by atoms with van der Waals surface area (Å²) in [5.41, 5.74) is 1.69. The Balaban J connectivity index is 1.52. The largest absolute Gasteiger partial charge is 0.491 e. The van der Waals surface area contributed by atoms with Crippen molar-refractivity contribution < 1.29 is 23.8 Å². The van der Waals surface area contributed by atoms with Crippen molar-refractivity contribution in [1.29, 1.82) is 0 Å². The van der Waals surface area contributed by atoms with Gasteiger partial charge in [0, 0.05) is 17.0 Å². The first kappa shape index (κ1) is 22.3. The van der Waals surface area contributed by atoms with E-state index in [1.165, 1.54) is 0 Å². The van der Waals surface area contributed by atoms with E-state index in [9.17, 15) is 14.7 Å². The Labute approximate surface area is 180 Å². The number of carbonyl (C=O) groups excluding carboxylic acids is 1. The highest BCUT2D eigenvalue weighted by Gasteiger charge is 2.10. The van der Waals surface area contributed by atoms with Gasteiger partial charge in [-0.2, -0.15) is 0 Å². The maximum absolute atomic E-state index is 12.4. The summed E-state index contributed by atoms with van der Waals surface area (Å²) in [4.78, 5) is 23.7. The normalized spacial score (nSPS) is 11.8. The first-order chi connectivity index (χ1) is 14.9. The van der Waals surface area contributed by atoms with E-state index in [0.29, 0.717) is 48.3 Å². The maximum atomic E-state index is 12.4. The monoisotopic (exact) mass is 422 g/mol. The number of rotatable bonds is 10. The minimum Gasteiger partial charge on any atom is -0.491 e. The molecule has 0 saturated heterocycles. The number of hydrogen-bond donors (Lipinski definition) is 1. The van der Waals surface area contributed by atoms with Crippen LogP contribution in [0, 0.1) is 0 Å². The average Bonchev–Trinajstić information content (AvgIpc) is 2.77. The van der Waals surface area contributed by atoms with Crippen LogP contribution in [-0.2, 0) is 9.53 Å². The Bertz CT molecular complexity index is 1100. The molecule has 162 valence electrons. The Morgan fingerprint density at radius 3 is 2.65 bits per heavy atom. The predicted octanol–water partition coefficient (Wildman–Crippen LogP) is 4.49. The molecule has 1 atom stereocenters. The smallest absolute Gasteiger partial charge is 0.344 e. The van der Waals surface area contributed by atoms with E-state index >= 15 is 0 Å². The van der Waals surface area contributed by atoms with E-state index in [1.807, 2.05) is 36.4 Å². The lowest BCUT2D eigenvalue weighted by atomic mass is 10.1. The molecule has 0 radical (unpaired) electrons. The molecule has 0 aliphatic heterocycles. The number of esters is 1. The number of benzene rings is 2. The molecule has 3 rings (SSSR count). The molecule has 2 aromatic carbocycles. The van der Waals surface area contributed by atoms with E-state index < -0.39 is 17.7 Å². The first-order valence-electron chi connectivity index (χ1n) is 10.2. The lowest BCUT2D eigenvalue weighted by Crippen LogP contribution is -2.17. The van der Waals surface area contributed by atoms with E-state index in [2.05, 4.69) is 6.58 Å². The number of hydrogen-bond acceptors (Lipinski definition) is 6. The number of unbranched alkanes of at least 4 members (excludes halogenated alkanes) is 1. The second-order valence-corrected chi connectivity index (χ2v) is 7.39. The molecule has 0 aliphatic carbocycles. The summed E-state index contributed by atoms with van der Waals surface area (Å²) in [5.74, 6) is 0.111. The van der Waals surface area contributed by atoms with Gasteiger partial charge >= 0.3 is 11.6 Å². The molecular formula is C25H26O6. The summed E-state index contributed by atoms with van der Waals surface area (Å²) in [6.45, 7) is 5.54. The van der Waals surface area contributed by atoms with Crippen LogP contribution in [0.3, 0.4) is 0 Å². The Morgan fingerprint density at radius 2 is 1.90 bits per heavy atom. The van der Waals surface area contributed by atoms with Crippen LogP contribution in [0.4, 0.5) is 0 Å². The van der Waals surface area contributed by atoms with Crippen LogP contribution in [0.5, 0.6) is 5.75 Å². The minimum atomic E-state index is -0.653. The summed E-state index contributed by atoms with van der Waals surface area (Å²) in [6, 6.07) is 16.4. The van der Waals surface area contributed by atoms with Gasteiger partial charge in [0.1, 0.15) is 17.9 Å². The molecular weight excluding hydrogens is 396 g/mol. The molecule has 0 fully saturated rings. The third kappa shape index (κ3) is 6.30. The van der Waals surface area contributed by atoms with Crippen LogP contribution in [0.2, 0.25) is 0 Å². The van der Waals surface area contributed by atoms with Crippen LogP contribution in [0.25, 0.3) is 22.1 Å². The van der Waals surface area contributed by atoms with E-state index in [4.69, 9.17) is 13.9 Å². The van der Waals surface area contributed by atoms with E-state index in [1.54, 1.807) is 25.1 Å². The minimum absolute atomic E-state index is 0.114. The molecule has 0 aliphatic rings. The molecule has 1 N–H and O–H groups in total. The zero-order valence-corrected chi connectivity index (χ0v) is 17.5.